The number of carbonyl (C=O) groups excluding carboxylic acids is 1. The minimum atomic E-state index is -0.180. The number of ether oxygens (including phenoxy) is 3. The van der Waals surface area contributed by atoms with E-state index in [9.17, 15) is 4.79 Å². The van der Waals surface area contributed by atoms with Crippen molar-refractivity contribution in [1.29, 1.82) is 0 Å². The summed E-state index contributed by atoms with van der Waals surface area (Å²) in [5, 5.41) is 3.38. The van der Waals surface area contributed by atoms with Gasteiger partial charge >= 0.3 is 0 Å². The number of nitrogens with zero attached hydrogens (tertiary/aromatic N) is 1. The van der Waals surface area contributed by atoms with Crippen molar-refractivity contribution in [2.75, 3.05) is 13.9 Å². The fourth-order valence-electron chi connectivity index (χ4n) is 2.91. The van der Waals surface area contributed by atoms with E-state index in [2.05, 4.69) is 16.4 Å². The fraction of sp³-hybridized carbons (Fsp3) is 0.200. The zero-order chi connectivity index (χ0) is 19.0. The number of carbonyl (C=O) groups is 1. The van der Waals surface area contributed by atoms with Crippen LogP contribution in [-0.2, 0) is 4.79 Å². The maximum atomic E-state index is 12.3. The number of aryl methyl sites for hydroxylation is 2. The van der Waals surface area contributed by atoms with E-state index in [1.807, 2.05) is 38.1 Å². The number of methoxy groups -OCH3 is 1. The number of amides is 1. The molecule has 138 valence electrons. The van der Waals surface area contributed by atoms with Crippen molar-refractivity contribution in [2.45, 2.75) is 13.8 Å². The topological polar surface area (TPSA) is 69.2 Å². The Morgan fingerprint density at radius 1 is 1.22 bits per heavy atom. The van der Waals surface area contributed by atoms with Crippen molar-refractivity contribution in [3.8, 4) is 17.2 Å². The number of amidine groups is 1. The van der Waals surface area contributed by atoms with E-state index in [1.165, 1.54) is 17.3 Å². The van der Waals surface area contributed by atoms with Crippen LogP contribution in [0.4, 0.5) is 5.69 Å². The summed E-state index contributed by atoms with van der Waals surface area (Å²) >= 11 is 1.31. The van der Waals surface area contributed by atoms with Crippen molar-refractivity contribution >= 4 is 34.6 Å². The van der Waals surface area contributed by atoms with Crippen molar-refractivity contribution in [3.05, 3.63) is 51.9 Å². The number of benzene rings is 2. The van der Waals surface area contributed by atoms with Crippen molar-refractivity contribution in [3.63, 3.8) is 0 Å². The molecule has 0 radical (unpaired) electrons. The first-order valence-corrected chi connectivity index (χ1v) is 9.19. The van der Waals surface area contributed by atoms with Gasteiger partial charge in [-0.25, -0.2) is 4.99 Å². The molecule has 1 fully saturated rings. The first-order chi connectivity index (χ1) is 13.0. The first kappa shape index (κ1) is 17.5. The van der Waals surface area contributed by atoms with Crippen LogP contribution in [0.2, 0.25) is 0 Å². The zero-order valence-corrected chi connectivity index (χ0v) is 16.0. The number of aliphatic imine (C=N–C) groups is 1. The predicted octanol–water partition coefficient (Wildman–Crippen LogP) is 3.93. The van der Waals surface area contributed by atoms with Gasteiger partial charge in [0.2, 0.25) is 12.5 Å². The molecule has 0 unspecified atom stereocenters. The molecule has 0 atom stereocenters. The van der Waals surface area contributed by atoms with Crippen molar-refractivity contribution in [1.82, 2.24) is 5.32 Å². The summed E-state index contributed by atoms with van der Waals surface area (Å²) in [6.07, 6.45) is 1.79. The van der Waals surface area contributed by atoms with Crippen LogP contribution >= 0.6 is 11.8 Å². The molecule has 27 heavy (non-hydrogen) atoms. The highest BCUT2D eigenvalue weighted by atomic mass is 32.2. The lowest BCUT2D eigenvalue weighted by atomic mass is 10.1. The average molecular weight is 382 g/mol. The van der Waals surface area contributed by atoms with E-state index in [4.69, 9.17) is 14.2 Å². The number of nitrogens with one attached hydrogen (secondary N) is 1. The quantitative estimate of drug-likeness (QED) is 0.815. The molecular weight excluding hydrogens is 364 g/mol. The molecular formula is C20H18N2O4S. The molecule has 0 aromatic heterocycles. The molecule has 1 N–H and O–H groups in total. The second-order valence-corrected chi connectivity index (χ2v) is 7.26. The van der Waals surface area contributed by atoms with Gasteiger partial charge in [0.05, 0.1) is 17.7 Å². The Bertz CT molecular complexity index is 998. The SMILES string of the molecule is COc1cc(/C=C2\SC(=Nc3ccc(C)cc3C)NC2=O)cc2c1OCO2. The van der Waals surface area contributed by atoms with Crippen LogP contribution in [-0.4, -0.2) is 25.0 Å². The molecule has 7 heteroatoms. The maximum Gasteiger partial charge on any atom is 0.264 e. The largest absolute Gasteiger partial charge is 0.493 e. The lowest BCUT2D eigenvalue weighted by Gasteiger charge is -2.06. The van der Waals surface area contributed by atoms with Crippen molar-refractivity contribution in [2.24, 2.45) is 4.99 Å². The lowest BCUT2D eigenvalue weighted by molar-refractivity contribution is -0.115. The number of hydrogen-bond donors (Lipinski definition) is 1. The Kier molecular flexibility index (Phi) is 4.53. The smallest absolute Gasteiger partial charge is 0.264 e. The van der Waals surface area contributed by atoms with E-state index in [1.54, 1.807) is 13.2 Å². The van der Waals surface area contributed by atoms with Gasteiger partial charge in [0, 0.05) is 0 Å². The summed E-state index contributed by atoms with van der Waals surface area (Å²) in [5.41, 5.74) is 3.88. The molecule has 1 amide bonds. The first-order valence-electron chi connectivity index (χ1n) is 8.38. The molecule has 4 rings (SSSR count). The van der Waals surface area contributed by atoms with Crippen LogP contribution in [0.15, 0.2) is 40.2 Å². The van der Waals surface area contributed by atoms with Gasteiger partial charge in [-0.15, -0.1) is 0 Å². The van der Waals surface area contributed by atoms with Gasteiger partial charge in [-0.05, 0) is 61.0 Å². The Labute approximate surface area is 161 Å². The second-order valence-electron chi connectivity index (χ2n) is 6.23. The molecule has 0 bridgehead atoms. The van der Waals surface area contributed by atoms with Gasteiger partial charge in [0.25, 0.3) is 5.91 Å². The van der Waals surface area contributed by atoms with Crippen LogP contribution in [0.1, 0.15) is 16.7 Å². The number of thioether (sulfide) groups is 1. The third-order valence-corrected chi connectivity index (χ3v) is 5.11. The molecule has 1 saturated heterocycles. The van der Waals surface area contributed by atoms with Crippen LogP contribution in [0.3, 0.4) is 0 Å². The minimum Gasteiger partial charge on any atom is -0.493 e. The Balaban J connectivity index is 1.62. The molecule has 0 saturated carbocycles. The summed E-state index contributed by atoms with van der Waals surface area (Å²) in [7, 11) is 1.57. The molecule has 2 aromatic rings. The van der Waals surface area contributed by atoms with Gasteiger partial charge in [-0.1, -0.05) is 17.7 Å². The summed E-state index contributed by atoms with van der Waals surface area (Å²) in [6.45, 7) is 4.20. The van der Waals surface area contributed by atoms with Crippen molar-refractivity contribution < 1.29 is 19.0 Å². The zero-order valence-electron chi connectivity index (χ0n) is 15.2. The summed E-state index contributed by atoms with van der Waals surface area (Å²) in [4.78, 5) is 17.5. The van der Waals surface area contributed by atoms with Gasteiger partial charge in [-0.3, -0.25) is 4.79 Å². The van der Waals surface area contributed by atoms with E-state index in [-0.39, 0.29) is 12.7 Å². The maximum absolute atomic E-state index is 12.3. The van der Waals surface area contributed by atoms with Gasteiger partial charge in [0.1, 0.15) is 0 Å². The van der Waals surface area contributed by atoms with Crippen LogP contribution in [0.5, 0.6) is 17.2 Å². The van der Waals surface area contributed by atoms with Crippen LogP contribution in [0.25, 0.3) is 6.08 Å². The minimum absolute atomic E-state index is 0.160. The number of fused-ring (bicyclic) bond motifs is 1. The molecule has 2 aliphatic heterocycles. The lowest BCUT2D eigenvalue weighted by Crippen LogP contribution is -2.19. The predicted molar refractivity (Wildman–Crippen MR) is 106 cm³/mol. The molecule has 2 aromatic carbocycles. The second kappa shape index (κ2) is 7.00. The highest BCUT2D eigenvalue weighted by molar-refractivity contribution is 8.18. The summed E-state index contributed by atoms with van der Waals surface area (Å²) < 4.78 is 16.2. The monoisotopic (exact) mass is 382 g/mol. The Morgan fingerprint density at radius 3 is 2.85 bits per heavy atom. The molecule has 0 spiro atoms. The number of hydrogen-bond acceptors (Lipinski definition) is 6. The summed E-state index contributed by atoms with van der Waals surface area (Å²) in [5.74, 6) is 1.58. The normalized spacial score (nSPS) is 18.3. The van der Waals surface area contributed by atoms with Gasteiger partial charge < -0.3 is 19.5 Å². The van der Waals surface area contributed by atoms with Crippen LogP contribution in [0, 0.1) is 13.8 Å². The molecule has 0 aliphatic carbocycles. The van der Waals surface area contributed by atoms with Gasteiger partial charge in [0.15, 0.2) is 16.7 Å². The third kappa shape index (κ3) is 3.50. The fourth-order valence-corrected chi connectivity index (χ4v) is 3.74. The van der Waals surface area contributed by atoms with E-state index < -0.39 is 0 Å². The molecule has 2 heterocycles. The Hall–Kier alpha value is -2.93. The molecule has 2 aliphatic rings. The van der Waals surface area contributed by atoms with Gasteiger partial charge in [-0.2, -0.15) is 0 Å². The van der Waals surface area contributed by atoms with E-state index in [0.29, 0.717) is 27.3 Å². The Morgan fingerprint density at radius 2 is 2.07 bits per heavy atom. The summed E-state index contributed by atoms with van der Waals surface area (Å²) in [6, 6.07) is 9.66. The molecule has 6 nitrogen and oxygen atoms in total. The standard InChI is InChI=1S/C20H18N2O4S/c1-11-4-5-14(12(2)6-11)21-20-22-19(23)17(27-20)9-13-7-15(24-3)18-16(8-13)25-10-26-18/h4-9H,10H2,1-3H3,(H,21,22,23)/b17-9-. The third-order valence-electron chi connectivity index (χ3n) is 4.20. The van der Waals surface area contributed by atoms with E-state index >= 15 is 0 Å². The number of rotatable bonds is 3. The average Bonchev–Trinajstić information content (AvgIpc) is 3.23. The highest BCUT2D eigenvalue weighted by Crippen LogP contribution is 2.42. The van der Waals surface area contributed by atoms with E-state index in [0.717, 1.165) is 16.8 Å². The van der Waals surface area contributed by atoms with Crippen LogP contribution < -0.4 is 19.5 Å². The highest BCUT2D eigenvalue weighted by Gasteiger charge is 2.25.